The first-order valence-electron chi connectivity index (χ1n) is 10.5. The van der Waals surface area contributed by atoms with Crippen LogP contribution >= 0.6 is 15.9 Å². The summed E-state index contributed by atoms with van der Waals surface area (Å²) in [6.07, 6.45) is 1.70. The van der Waals surface area contributed by atoms with Gasteiger partial charge in [-0.25, -0.2) is 4.98 Å². The lowest BCUT2D eigenvalue weighted by atomic mass is 10.1. The lowest BCUT2D eigenvalue weighted by molar-refractivity contribution is -0.116. The smallest absolute Gasteiger partial charge is 0.238 e. The van der Waals surface area contributed by atoms with Crippen molar-refractivity contribution in [3.05, 3.63) is 46.6 Å². The van der Waals surface area contributed by atoms with Gasteiger partial charge >= 0.3 is 0 Å². The van der Waals surface area contributed by atoms with E-state index in [-0.39, 0.29) is 24.5 Å². The number of hydrogen-bond donors (Lipinski definition) is 4. The maximum absolute atomic E-state index is 11.9. The zero-order chi connectivity index (χ0) is 23.3. The number of nitrogens with zero attached hydrogens (tertiary/aromatic N) is 4. The molecule has 0 spiro atoms. The molecule has 4 N–H and O–H groups in total. The summed E-state index contributed by atoms with van der Waals surface area (Å²) in [6, 6.07) is 9.49. The molecule has 9 nitrogen and oxygen atoms in total. The van der Waals surface area contributed by atoms with Crippen LogP contribution in [0.5, 0.6) is 0 Å². The topological polar surface area (TPSA) is 107 Å². The number of nitrogens with one attached hydrogen (secondary N) is 3. The Morgan fingerprint density at radius 3 is 2.59 bits per heavy atom. The Hall–Kier alpha value is -2.69. The van der Waals surface area contributed by atoms with Crippen molar-refractivity contribution >= 4 is 44.8 Å². The number of likely N-dealkylation sites (N-methyl/N-ethyl adjacent to an activating group) is 1. The third kappa shape index (κ3) is 6.18. The van der Waals surface area contributed by atoms with Crippen molar-refractivity contribution in [2.75, 3.05) is 43.2 Å². The van der Waals surface area contributed by atoms with E-state index in [1.54, 1.807) is 10.7 Å². The molecule has 0 bridgehead atoms. The van der Waals surface area contributed by atoms with Crippen LogP contribution in [0.25, 0.3) is 5.65 Å². The van der Waals surface area contributed by atoms with Gasteiger partial charge in [-0.3, -0.25) is 4.79 Å². The van der Waals surface area contributed by atoms with Gasteiger partial charge in [0.05, 0.1) is 29.9 Å². The Kier molecular flexibility index (Phi) is 8.05. The molecule has 0 radical (unpaired) electrons. The molecule has 1 amide bonds. The fourth-order valence-electron chi connectivity index (χ4n) is 3.14. The molecule has 0 fully saturated rings. The number of anilines is 3. The molecule has 0 aliphatic carbocycles. The highest BCUT2D eigenvalue weighted by atomic mass is 79.9. The first-order valence-corrected chi connectivity index (χ1v) is 11.2. The predicted molar refractivity (Wildman–Crippen MR) is 131 cm³/mol. The average molecular weight is 504 g/mol. The lowest BCUT2D eigenvalue weighted by Gasteiger charge is -2.21. The lowest BCUT2D eigenvalue weighted by Crippen LogP contribution is -2.30. The number of halogens is 1. The van der Waals surface area contributed by atoms with Crippen molar-refractivity contribution in [1.82, 2.24) is 19.5 Å². The number of hydrogen-bond acceptors (Lipinski definition) is 7. The Morgan fingerprint density at radius 2 is 1.97 bits per heavy atom. The van der Waals surface area contributed by atoms with Gasteiger partial charge in [0.1, 0.15) is 11.6 Å². The molecular weight excluding hydrogens is 474 g/mol. The van der Waals surface area contributed by atoms with Crippen molar-refractivity contribution in [3.8, 4) is 0 Å². The van der Waals surface area contributed by atoms with E-state index in [1.807, 2.05) is 63.2 Å². The average Bonchev–Trinajstić information content (AvgIpc) is 3.11. The summed E-state index contributed by atoms with van der Waals surface area (Å²) in [4.78, 5) is 18.4. The molecule has 172 valence electrons. The number of amides is 1. The predicted octanol–water partition coefficient (Wildman–Crippen LogP) is 3.03. The van der Waals surface area contributed by atoms with Gasteiger partial charge in [-0.15, -0.1) is 0 Å². The number of fused-ring (bicyclic) bond motifs is 1. The second-order valence-corrected chi connectivity index (χ2v) is 9.12. The number of aliphatic hydroxyl groups excluding tert-OH is 1. The number of aromatic nitrogens is 3. The standard InChI is InChI=1S/C22H30BrN7O2/c1-14(2)18(13-31)27-19-9-20(30-22(28-19)17(23)11-25-30)24-10-15-5-7-16(8-6-15)26-21(32)12-29(3)4/h5-9,11,14,18,24,31H,10,12-13H2,1-4H3,(H,26,32)(H,27,28)/t18-/m1/s1. The van der Waals surface area contributed by atoms with E-state index < -0.39 is 0 Å². The molecule has 2 aromatic heterocycles. The van der Waals surface area contributed by atoms with Crippen LogP contribution in [-0.2, 0) is 11.3 Å². The zero-order valence-electron chi connectivity index (χ0n) is 18.8. The third-order valence-electron chi connectivity index (χ3n) is 4.93. The minimum absolute atomic E-state index is 0.0190. The highest BCUT2D eigenvalue weighted by Gasteiger charge is 2.16. The second-order valence-electron chi connectivity index (χ2n) is 8.27. The number of carbonyl (C=O) groups excluding carboxylic acids is 1. The van der Waals surface area contributed by atoms with Crippen LogP contribution in [0.2, 0.25) is 0 Å². The van der Waals surface area contributed by atoms with Gasteiger partial charge in [-0.2, -0.15) is 9.61 Å². The third-order valence-corrected chi connectivity index (χ3v) is 5.49. The molecule has 32 heavy (non-hydrogen) atoms. The zero-order valence-corrected chi connectivity index (χ0v) is 20.3. The van der Waals surface area contributed by atoms with Crippen LogP contribution in [0.1, 0.15) is 19.4 Å². The minimum atomic E-state index is -0.102. The van der Waals surface area contributed by atoms with Gasteiger partial charge in [0.15, 0.2) is 5.65 Å². The summed E-state index contributed by atoms with van der Waals surface area (Å²) in [5.41, 5.74) is 2.49. The number of aliphatic hydroxyl groups is 1. The first-order chi connectivity index (χ1) is 15.3. The Balaban J connectivity index is 1.73. The summed E-state index contributed by atoms with van der Waals surface area (Å²) in [7, 11) is 3.71. The second kappa shape index (κ2) is 10.8. The molecule has 0 saturated heterocycles. The van der Waals surface area contributed by atoms with Crippen LogP contribution in [0.15, 0.2) is 41.0 Å². The maximum atomic E-state index is 11.9. The van der Waals surface area contributed by atoms with E-state index in [2.05, 4.69) is 42.0 Å². The van der Waals surface area contributed by atoms with Gasteiger partial charge in [-0.05, 0) is 53.6 Å². The van der Waals surface area contributed by atoms with Crippen LogP contribution in [0, 0.1) is 5.92 Å². The number of carbonyl (C=O) groups is 1. The van der Waals surface area contributed by atoms with Gasteiger partial charge in [0.2, 0.25) is 5.91 Å². The normalized spacial score (nSPS) is 12.4. The molecule has 0 unspecified atom stereocenters. The molecule has 0 aliphatic rings. The van der Waals surface area contributed by atoms with Crippen molar-refractivity contribution in [2.45, 2.75) is 26.4 Å². The summed E-state index contributed by atoms with van der Waals surface area (Å²) < 4.78 is 2.51. The van der Waals surface area contributed by atoms with Crippen molar-refractivity contribution in [3.63, 3.8) is 0 Å². The highest BCUT2D eigenvalue weighted by molar-refractivity contribution is 9.10. The molecule has 0 aliphatic heterocycles. The van der Waals surface area contributed by atoms with E-state index in [9.17, 15) is 9.90 Å². The van der Waals surface area contributed by atoms with Crippen LogP contribution in [0.3, 0.4) is 0 Å². The molecule has 10 heteroatoms. The van der Waals surface area contributed by atoms with Crippen LogP contribution in [-0.4, -0.2) is 63.8 Å². The fraction of sp³-hybridized carbons (Fsp3) is 0.409. The van der Waals surface area contributed by atoms with Crippen LogP contribution < -0.4 is 16.0 Å². The molecular formula is C22H30BrN7O2. The molecule has 1 atom stereocenters. The first kappa shape index (κ1) is 24.0. The van der Waals surface area contributed by atoms with Gasteiger partial charge in [-0.1, -0.05) is 26.0 Å². The molecule has 3 aromatic rings. The SMILES string of the molecule is CC(C)[C@@H](CO)Nc1cc(NCc2ccc(NC(=O)CN(C)C)cc2)n2ncc(Br)c2n1. The fourth-order valence-corrected chi connectivity index (χ4v) is 3.48. The molecule has 0 saturated carbocycles. The molecule has 2 heterocycles. The maximum Gasteiger partial charge on any atom is 0.238 e. The van der Waals surface area contributed by atoms with Crippen LogP contribution in [0.4, 0.5) is 17.3 Å². The number of benzene rings is 1. The van der Waals surface area contributed by atoms with Crippen molar-refractivity contribution in [1.29, 1.82) is 0 Å². The van der Waals surface area contributed by atoms with Gasteiger partial charge in [0.25, 0.3) is 0 Å². The number of rotatable bonds is 10. The summed E-state index contributed by atoms with van der Waals surface area (Å²) in [5.74, 6) is 1.63. The van der Waals surface area contributed by atoms with E-state index >= 15 is 0 Å². The van der Waals surface area contributed by atoms with E-state index in [4.69, 9.17) is 0 Å². The van der Waals surface area contributed by atoms with Gasteiger partial charge < -0.3 is 26.0 Å². The Labute approximate surface area is 196 Å². The molecule has 3 rings (SSSR count). The van der Waals surface area contributed by atoms with Crippen molar-refractivity contribution < 1.29 is 9.90 Å². The van der Waals surface area contributed by atoms with E-state index in [0.717, 1.165) is 21.5 Å². The Bertz CT molecular complexity index is 1050. The monoisotopic (exact) mass is 503 g/mol. The summed E-state index contributed by atoms with van der Waals surface area (Å²) in [6.45, 7) is 5.02. The Morgan fingerprint density at radius 1 is 1.25 bits per heavy atom. The van der Waals surface area contributed by atoms with E-state index in [0.29, 0.717) is 24.6 Å². The quantitative estimate of drug-likeness (QED) is 0.336. The summed E-state index contributed by atoms with van der Waals surface area (Å²) >= 11 is 3.50. The highest BCUT2D eigenvalue weighted by Crippen LogP contribution is 2.24. The van der Waals surface area contributed by atoms with Gasteiger partial charge in [0, 0.05) is 18.3 Å². The van der Waals surface area contributed by atoms with Crippen molar-refractivity contribution in [2.24, 2.45) is 5.92 Å². The molecule has 1 aromatic carbocycles. The largest absolute Gasteiger partial charge is 0.394 e. The van der Waals surface area contributed by atoms with E-state index in [1.165, 1.54) is 0 Å². The summed E-state index contributed by atoms with van der Waals surface area (Å²) in [5, 5.41) is 23.7. The minimum Gasteiger partial charge on any atom is -0.394 e.